The number of carbonyl (C=O) groups is 1. The number of fused-ring (bicyclic) bond motifs is 3. The third kappa shape index (κ3) is 2.45. The number of halogens is 1. The summed E-state index contributed by atoms with van der Waals surface area (Å²) < 4.78 is 0.629. The summed E-state index contributed by atoms with van der Waals surface area (Å²) in [7, 11) is 0. The third-order valence-electron chi connectivity index (χ3n) is 4.60. The number of phenolic OH excluding ortho intramolecular Hbond substituents is 1. The lowest BCUT2D eigenvalue weighted by Crippen LogP contribution is -2.43. The normalized spacial score (nSPS) is 22.7. The van der Waals surface area contributed by atoms with E-state index in [4.69, 9.17) is 0 Å². The van der Waals surface area contributed by atoms with E-state index in [1.54, 1.807) is 6.07 Å². The van der Waals surface area contributed by atoms with Crippen LogP contribution in [0.25, 0.3) is 0 Å². The van der Waals surface area contributed by atoms with E-state index in [9.17, 15) is 9.90 Å². The number of amides is 2. The molecule has 1 heterocycles. The maximum atomic E-state index is 12.1. The smallest absolute Gasteiger partial charge is 0.341 e. The molecular formula is C18H15BrN2O2. The number of hydrogen-bond donors (Lipinski definition) is 2. The molecular weight excluding hydrogens is 356 g/mol. The zero-order valence-electron chi connectivity index (χ0n) is 12.3. The minimum atomic E-state index is -0.304. The van der Waals surface area contributed by atoms with Crippen molar-refractivity contribution in [2.75, 3.05) is 0 Å². The van der Waals surface area contributed by atoms with Crippen LogP contribution in [0.1, 0.15) is 29.2 Å². The van der Waals surface area contributed by atoms with Crippen LogP contribution in [0, 0.1) is 5.92 Å². The number of hydrogen-bond acceptors (Lipinski definition) is 2. The molecule has 0 spiro atoms. The van der Waals surface area contributed by atoms with Crippen molar-refractivity contribution in [3.05, 3.63) is 63.6 Å². The van der Waals surface area contributed by atoms with Crippen LogP contribution in [0.2, 0.25) is 0 Å². The monoisotopic (exact) mass is 370 g/mol. The van der Waals surface area contributed by atoms with Gasteiger partial charge >= 0.3 is 6.03 Å². The molecule has 2 atom stereocenters. The summed E-state index contributed by atoms with van der Waals surface area (Å²) in [5, 5.41) is 12.7. The molecule has 0 bridgehead atoms. The molecule has 2 aromatic rings. The van der Waals surface area contributed by atoms with Crippen LogP contribution in [0.3, 0.4) is 0 Å². The van der Waals surface area contributed by atoms with Gasteiger partial charge in [-0.15, -0.1) is 0 Å². The van der Waals surface area contributed by atoms with Gasteiger partial charge in [0.25, 0.3) is 0 Å². The molecule has 2 aromatic carbocycles. The van der Waals surface area contributed by atoms with Crippen LogP contribution in [-0.4, -0.2) is 16.8 Å². The average molecular weight is 371 g/mol. The maximum absolute atomic E-state index is 12.1. The molecule has 0 aromatic heterocycles. The SMILES string of the molecule is O=C1N=C2c3ccccc3CCC2C(c2ccc(O)c(Br)c2)N1. The van der Waals surface area contributed by atoms with Gasteiger partial charge < -0.3 is 10.4 Å². The first-order chi connectivity index (χ1) is 11.1. The highest BCUT2D eigenvalue weighted by Gasteiger charge is 2.37. The van der Waals surface area contributed by atoms with Crippen molar-refractivity contribution < 1.29 is 9.90 Å². The van der Waals surface area contributed by atoms with E-state index < -0.39 is 0 Å². The number of rotatable bonds is 1. The summed E-state index contributed by atoms with van der Waals surface area (Å²) in [6.07, 6.45) is 1.92. The summed E-state index contributed by atoms with van der Waals surface area (Å²) in [6.45, 7) is 0. The Balaban J connectivity index is 1.79. The topological polar surface area (TPSA) is 61.7 Å². The molecule has 116 valence electrons. The fourth-order valence-corrected chi connectivity index (χ4v) is 3.91. The van der Waals surface area contributed by atoms with E-state index in [1.807, 2.05) is 30.3 Å². The number of phenols is 1. The van der Waals surface area contributed by atoms with Crippen molar-refractivity contribution in [3.63, 3.8) is 0 Å². The highest BCUT2D eigenvalue weighted by Crippen LogP contribution is 2.38. The predicted molar refractivity (Wildman–Crippen MR) is 91.9 cm³/mol. The first-order valence-electron chi connectivity index (χ1n) is 7.59. The lowest BCUT2D eigenvalue weighted by atomic mass is 9.75. The molecule has 4 rings (SSSR count). The number of carbonyl (C=O) groups excluding carboxylic acids is 1. The summed E-state index contributed by atoms with van der Waals surface area (Å²) >= 11 is 3.35. The highest BCUT2D eigenvalue weighted by molar-refractivity contribution is 9.10. The lowest BCUT2D eigenvalue weighted by molar-refractivity contribution is 0.239. The second-order valence-corrected chi connectivity index (χ2v) is 6.79. The molecule has 1 aliphatic carbocycles. The molecule has 1 aliphatic heterocycles. The molecule has 4 nitrogen and oxygen atoms in total. The van der Waals surface area contributed by atoms with E-state index in [2.05, 4.69) is 32.3 Å². The van der Waals surface area contributed by atoms with Gasteiger partial charge in [-0.2, -0.15) is 4.99 Å². The standard InChI is InChI=1S/C18H15BrN2O2/c19-14-9-11(6-8-15(14)22)16-13-7-5-10-3-1-2-4-12(10)17(13)21-18(23)20-16/h1-4,6,8-9,13,16,22H,5,7H2,(H,20,23). The second kappa shape index (κ2) is 5.49. The van der Waals surface area contributed by atoms with Crippen LogP contribution in [-0.2, 0) is 6.42 Å². The van der Waals surface area contributed by atoms with Gasteiger partial charge in [-0.1, -0.05) is 30.3 Å². The van der Waals surface area contributed by atoms with Crippen molar-refractivity contribution in [2.45, 2.75) is 18.9 Å². The Labute approximate surface area is 142 Å². The van der Waals surface area contributed by atoms with Gasteiger partial charge in [0.2, 0.25) is 0 Å². The van der Waals surface area contributed by atoms with Crippen molar-refractivity contribution in [1.82, 2.24) is 5.32 Å². The molecule has 2 amide bonds. The first-order valence-corrected chi connectivity index (χ1v) is 8.38. The van der Waals surface area contributed by atoms with Gasteiger partial charge in [-0.3, -0.25) is 0 Å². The van der Waals surface area contributed by atoms with E-state index in [-0.39, 0.29) is 23.7 Å². The van der Waals surface area contributed by atoms with Crippen molar-refractivity contribution in [2.24, 2.45) is 10.9 Å². The lowest BCUT2D eigenvalue weighted by Gasteiger charge is -2.36. The number of aryl methyl sites for hydroxylation is 1. The van der Waals surface area contributed by atoms with Crippen LogP contribution in [0.4, 0.5) is 4.79 Å². The zero-order chi connectivity index (χ0) is 16.0. The van der Waals surface area contributed by atoms with Crippen molar-refractivity contribution >= 4 is 27.7 Å². The number of nitrogens with zero attached hydrogens (tertiary/aromatic N) is 1. The van der Waals surface area contributed by atoms with Gasteiger partial charge in [-0.05, 0) is 57.6 Å². The molecule has 2 N–H and O–H groups in total. The number of benzene rings is 2. The number of aromatic hydroxyl groups is 1. The van der Waals surface area contributed by atoms with Crippen LogP contribution in [0.15, 0.2) is 51.9 Å². The van der Waals surface area contributed by atoms with E-state index in [0.717, 1.165) is 29.7 Å². The average Bonchev–Trinajstić information content (AvgIpc) is 2.56. The number of aliphatic imine (C=N–C) groups is 1. The van der Waals surface area contributed by atoms with Crippen molar-refractivity contribution in [1.29, 1.82) is 0 Å². The fraction of sp³-hybridized carbons (Fsp3) is 0.222. The number of urea groups is 1. The van der Waals surface area contributed by atoms with Gasteiger partial charge in [0.15, 0.2) is 0 Å². The molecule has 5 heteroatoms. The molecule has 0 radical (unpaired) electrons. The van der Waals surface area contributed by atoms with Crippen LogP contribution in [0.5, 0.6) is 5.75 Å². The largest absolute Gasteiger partial charge is 0.507 e. The Morgan fingerprint density at radius 2 is 2.04 bits per heavy atom. The highest BCUT2D eigenvalue weighted by atomic mass is 79.9. The van der Waals surface area contributed by atoms with E-state index in [0.29, 0.717) is 4.47 Å². The number of nitrogens with one attached hydrogen (secondary N) is 1. The molecule has 2 unspecified atom stereocenters. The Bertz CT molecular complexity index is 832. The molecule has 2 aliphatic rings. The molecule has 23 heavy (non-hydrogen) atoms. The predicted octanol–water partition coefficient (Wildman–Crippen LogP) is 3.97. The summed E-state index contributed by atoms with van der Waals surface area (Å²) in [4.78, 5) is 16.4. The summed E-state index contributed by atoms with van der Waals surface area (Å²) in [5.74, 6) is 0.345. The Morgan fingerprint density at radius 3 is 2.87 bits per heavy atom. The fourth-order valence-electron chi connectivity index (χ4n) is 3.51. The maximum Gasteiger partial charge on any atom is 0.341 e. The second-order valence-electron chi connectivity index (χ2n) is 5.94. The quantitative estimate of drug-likeness (QED) is 0.797. The Hall–Kier alpha value is -2.14. The first kappa shape index (κ1) is 14.5. The molecule has 0 saturated carbocycles. The Morgan fingerprint density at radius 1 is 1.22 bits per heavy atom. The molecule has 0 saturated heterocycles. The van der Waals surface area contributed by atoms with Crippen LogP contribution >= 0.6 is 15.9 Å². The zero-order valence-corrected chi connectivity index (χ0v) is 13.9. The van der Waals surface area contributed by atoms with Gasteiger partial charge in [-0.25, -0.2) is 4.79 Å². The van der Waals surface area contributed by atoms with Gasteiger partial charge in [0.05, 0.1) is 16.2 Å². The van der Waals surface area contributed by atoms with Gasteiger partial charge in [0.1, 0.15) is 5.75 Å². The van der Waals surface area contributed by atoms with Crippen LogP contribution < -0.4 is 5.32 Å². The van der Waals surface area contributed by atoms with Gasteiger partial charge in [0, 0.05) is 5.92 Å². The van der Waals surface area contributed by atoms with Crippen molar-refractivity contribution in [3.8, 4) is 5.75 Å². The summed E-state index contributed by atoms with van der Waals surface area (Å²) in [6, 6.07) is 13.1. The third-order valence-corrected chi connectivity index (χ3v) is 5.24. The molecule has 0 fully saturated rings. The summed E-state index contributed by atoms with van der Waals surface area (Å²) in [5.41, 5.74) is 4.19. The Kier molecular flexibility index (Phi) is 3.45. The minimum Gasteiger partial charge on any atom is -0.507 e. The van der Waals surface area contributed by atoms with E-state index in [1.165, 1.54) is 5.56 Å². The minimum absolute atomic E-state index is 0.125. The van der Waals surface area contributed by atoms with E-state index >= 15 is 0 Å².